The van der Waals surface area contributed by atoms with Gasteiger partial charge in [-0.05, 0) is 31.0 Å². The fraction of sp³-hybridized carbons (Fsp3) is 0.385. The normalized spacial score (nSPS) is 25.1. The van der Waals surface area contributed by atoms with Crippen molar-refractivity contribution in [2.24, 2.45) is 4.99 Å². The van der Waals surface area contributed by atoms with Crippen molar-refractivity contribution in [3.63, 3.8) is 0 Å². The fourth-order valence-electron chi connectivity index (χ4n) is 2.07. The molecule has 0 N–H and O–H groups in total. The summed E-state index contributed by atoms with van der Waals surface area (Å²) in [4.78, 5) is 26.0. The molecule has 0 heterocycles. The number of isocyanates is 1. The van der Waals surface area contributed by atoms with Crippen LogP contribution < -0.4 is 0 Å². The summed E-state index contributed by atoms with van der Waals surface area (Å²) in [5, 5.41) is 0. The number of esters is 1. The number of halogens is 1. The minimum atomic E-state index is -1.05. The zero-order chi connectivity index (χ0) is 13.2. The fourth-order valence-corrected chi connectivity index (χ4v) is 2.34. The van der Waals surface area contributed by atoms with Crippen molar-refractivity contribution in [1.29, 1.82) is 0 Å². The van der Waals surface area contributed by atoms with E-state index < -0.39 is 11.5 Å². The average molecular weight is 310 g/mol. The zero-order valence-corrected chi connectivity index (χ0v) is 11.4. The lowest BCUT2D eigenvalue weighted by molar-refractivity contribution is -0.145. The van der Waals surface area contributed by atoms with Crippen LogP contribution >= 0.6 is 15.9 Å². The molecular weight excluding hydrogens is 298 g/mol. The largest absolute Gasteiger partial charge is 0.464 e. The molecule has 1 aromatic rings. The van der Waals surface area contributed by atoms with Gasteiger partial charge in [0.2, 0.25) is 6.08 Å². The SMILES string of the molecule is CCOC(=O)C1(N=C=O)CC1c1ccc(Br)cc1. The molecule has 1 fully saturated rings. The van der Waals surface area contributed by atoms with Gasteiger partial charge in [-0.1, -0.05) is 28.1 Å². The Morgan fingerprint density at radius 2 is 2.22 bits per heavy atom. The van der Waals surface area contributed by atoms with E-state index in [1.54, 1.807) is 6.92 Å². The smallest absolute Gasteiger partial charge is 0.335 e. The van der Waals surface area contributed by atoms with Crippen LogP contribution in [0.2, 0.25) is 0 Å². The molecule has 0 radical (unpaired) electrons. The molecule has 0 bridgehead atoms. The highest BCUT2D eigenvalue weighted by Crippen LogP contribution is 2.55. The van der Waals surface area contributed by atoms with Crippen LogP contribution in [-0.4, -0.2) is 24.2 Å². The van der Waals surface area contributed by atoms with Crippen LogP contribution in [0.3, 0.4) is 0 Å². The van der Waals surface area contributed by atoms with Crippen molar-refractivity contribution in [2.45, 2.75) is 24.8 Å². The first-order valence-electron chi connectivity index (χ1n) is 5.65. The second kappa shape index (κ2) is 5.04. The molecule has 18 heavy (non-hydrogen) atoms. The van der Waals surface area contributed by atoms with Crippen LogP contribution in [0.25, 0.3) is 0 Å². The monoisotopic (exact) mass is 309 g/mol. The van der Waals surface area contributed by atoms with Gasteiger partial charge in [0.05, 0.1) is 6.61 Å². The maximum atomic E-state index is 11.9. The predicted molar refractivity (Wildman–Crippen MR) is 69.0 cm³/mol. The van der Waals surface area contributed by atoms with Gasteiger partial charge in [-0.2, -0.15) is 4.99 Å². The number of carbonyl (C=O) groups excluding carboxylic acids is 2. The van der Waals surface area contributed by atoms with E-state index in [2.05, 4.69) is 20.9 Å². The summed E-state index contributed by atoms with van der Waals surface area (Å²) >= 11 is 3.35. The first kappa shape index (κ1) is 13.0. The summed E-state index contributed by atoms with van der Waals surface area (Å²) in [5.74, 6) is -0.535. The number of benzene rings is 1. The summed E-state index contributed by atoms with van der Waals surface area (Å²) < 4.78 is 5.94. The molecule has 2 unspecified atom stereocenters. The Morgan fingerprint density at radius 1 is 1.56 bits per heavy atom. The molecule has 94 valence electrons. The van der Waals surface area contributed by atoms with E-state index in [4.69, 9.17) is 4.74 Å². The lowest BCUT2D eigenvalue weighted by Gasteiger charge is -2.09. The quantitative estimate of drug-likeness (QED) is 0.488. The Balaban J connectivity index is 2.24. The van der Waals surface area contributed by atoms with E-state index in [1.807, 2.05) is 24.3 Å². The highest BCUT2D eigenvalue weighted by Gasteiger charge is 2.63. The molecular formula is C13H12BrNO3. The lowest BCUT2D eigenvalue weighted by Crippen LogP contribution is -2.25. The Kier molecular flexibility index (Phi) is 3.64. The zero-order valence-electron chi connectivity index (χ0n) is 9.85. The van der Waals surface area contributed by atoms with Crippen LogP contribution in [0.5, 0.6) is 0 Å². The molecule has 1 aromatic carbocycles. The maximum Gasteiger partial charge on any atom is 0.335 e. The van der Waals surface area contributed by atoms with Crippen molar-refractivity contribution in [1.82, 2.24) is 0 Å². The van der Waals surface area contributed by atoms with Crippen molar-refractivity contribution in [2.75, 3.05) is 6.61 Å². The Morgan fingerprint density at radius 3 is 2.78 bits per heavy atom. The van der Waals surface area contributed by atoms with E-state index in [0.717, 1.165) is 10.0 Å². The van der Waals surface area contributed by atoms with Crippen LogP contribution in [0.4, 0.5) is 0 Å². The topological polar surface area (TPSA) is 55.7 Å². The minimum absolute atomic E-state index is 0.0916. The third-order valence-corrected chi connectivity index (χ3v) is 3.61. The van der Waals surface area contributed by atoms with Crippen LogP contribution in [0, 0.1) is 0 Å². The van der Waals surface area contributed by atoms with Gasteiger partial charge >= 0.3 is 5.97 Å². The number of aliphatic imine (C=N–C) groups is 1. The molecule has 2 atom stereocenters. The highest BCUT2D eigenvalue weighted by atomic mass is 79.9. The van der Waals surface area contributed by atoms with Gasteiger partial charge in [-0.3, -0.25) is 0 Å². The predicted octanol–water partition coefficient (Wildman–Crippen LogP) is 2.57. The summed E-state index contributed by atoms with van der Waals surface area (Å²) in [6, 6.07) is 7.62. The third kappa shape index (κ3) is 2.24. The molecule has 0 aromatic heterocycles. The van der Waals surface area contributed by atoms with Gasteiger partial charge in [0.15, 0.2) is 5.54 Å². The van der Waals surface area contributed by atoms with Crippen molar-refractivity contribution >= 4 is 28.0 Å². The number of nitrogens with zero attached hydrogens (tertiary/aromatic N) is 1. The van der Waals surface area contributed by atoms with E-state index in [0.29, 0.717) is 6.42 Å². The van der Waals surface area contributed by atoms with Gasteiger partial charge in [-0.15, -0.1) is 0 Å². The minimum Gasteiger partial charge on any atom is -0.464 e. The molecule has 2 rings (SSSR count). The number of hydrogen-bond donors (Lipinski definition) is 0. The van der Waals surface area contributed by atoms with E-state index in [-0.39, 0.29) is 12.5 Å². The molecule has 1 saturated carbocycles. The van der Waals surface area contributed by atoms with Crippen molar-refractivity contribution in [3.8, 4) is 0 Å². The highest BCUT2D eigenvalue weighted by molar-refractivity contribution is 9.10. The van der Waals surface area contributed by atoms with Crippen LogP contribution in [0.15, 0.2) is 33.7 Å². The molecule has 1 aliphatic rings. The van der Waals surface area contributed by atoms with E-state index in [9.17, 15) is 9.59 Å². The second-order valence-corrected chi connectivity index (χ2v) is 5.07. The van der Waals surface area contributed by atoms with Gasteiger partial charge < -0.3 is 4.74 Å². The molecule has 0 aliphatic heterocycles. The Bertz CT molecular complexity index is 507. The van der Waals surface area contributed by atoms with E-state index in [1.165, 1.54) is 6.08 Å². The molecule has 0 amide bonds. The van der Waals surface area contributed by atoms with Crippen LogP contribution in [0.1, 0.15) is 24.8 Å². The molecule has 4 nitrogen and oxygen atoms in total. The number of hydrogen-bond acceptors (Lipinski definition) is 4. The number of ether oxygens (including phenoxy) is 1. The summed E-state index contributed by atoms with van der Waals surface area (Å²) in [6.07, 6.45) is 1.99. The third-order valence-electron chi connectivity index (χ3n) is 3.08. The van der Waals surface area contributed by atoms with Gasteiger partial charge in [-0.25, -0.2) is 9.59 Å². The first-order valence-corrected chi connectivity index (χ1v) is 6.45. The average Bonchev–Trinajstić information content (AvgIpc) is 3.07. The van der Waals surface area contributed by atoms with Crippen molar-refractivity contribution < 1.29 is 14.3 Å². The Labute approximate surface area is 113 Å². The van der Waals surface area contributed by atoms with Crippen molar-refractivity contribution in [3.05, 3.63) is 34.3 Å². The maximum absolute atomic E-state index is 11.9. The number of carbonyl (C=O) groups is 1. The molecule has 5 heteroatoms. The molecule has 0 saturated heterocycles. The number of rotatable bonds is 4. The standard InChI is InChI=1S/C13H12BrNO3/c1-2-18-12(17)13(15-8-16)7-11(13)9-3-5-10(14)6-4-9/h3-6,11H,2,7H2,1H3. The Hall–Kier alpha value is -1.45. The summed E-state index contributed by atoms with van der Waals surface area (Å²) in [7, 11) is 0. The van der Waals surface area contributed by atoms with Gasteiger partial charge in [0.1, 0.15) is 0 Å². The summed E-state index contributed by atoms with van der Waals surface area (Å²) in [5.41, 5.74) is -0.0729. The van der Waals surface area contributed by atoms with Gasteiger partial charge in [0, 0.05) is 10.4 Å². The molecule has 1 aliphatic carbocycles. The van der Waals surface area contributed by atoms with Crippen LogP contribution in [-0.2, 0) is 14.3 Å². The van der Waals surface area contributed by atoms with Gasteiger partial charge in [0.25, 0.3) is 0 Å². The van der Waals surface area contributed by atoms with E-state index >= 15 is 0 Å². The lowest BCUT2D eigenvalue weighted by atomic mass is 10.1. The first-order chi connectivity index (χ1) is 8.64. The summed E-state index contributed by atoms with van der Waals surface area (Å²) in [6.45, 7) is 2.01. The second-order valence-electron chi connectivity index (χ2n) is 4.16. The molecule has 0 spiro atoms.